The number of aliphatic hydroxyl groups excluding tert-OH is 1. The normalized spacial score (nSPS) is 11.5. The molecular formula is C11H15N3O. The molecule has 80 valence electrons. The monoisotopic (exact) mass is 205 g/mol. The van der Waals surface area contributed by atoms with Crippen LogP contribution in [0.3, 0.4) is 0 Å². The molecule has 15 heavy (non-hydrogen) atoms. The molecule has 2 heterocycles. The van der Waals surface area contributed by atoms with Gasteiger partial charge < -0.3 is 9.67 Å². The molecule has 0 saturated heterocycles. The third kappa shape index (κ3) is 1.61. The van der Waals surface area contributed by atoms with E-state index in [9.17, 15) is 0 Å². The highest BCUT2D eigenvalue weighted by Crippen LogP contribution is 2.19. The van der Waals surface area contributed by atoms with Crippen LogP contribution in [0.2, 0.25) is 0 Å². The van der Waals surface area contributed by atoms with Gasteiger partial charge in [-0.15, -0.1) is 0 Å². The van der Waals surface area contributed by atoms with E-state index in [1.807, 2.05) is 17.7 Å². The molecule has 4 nitrogen and oxygen atoms in total. The number of imidazole rings is 1. The summed E-state index contributed by atoms with van der Waals surface area (Å²) in [7, 11) is 1.97. The number of aromatic nitrogens is 3. The van der Waals surface area contributed by atoms with Gasteiger partial charge in [-0.3, -0.25) is 0 Å². The number of rotatable bonds is 2. The molecule has 4 heteroatoms. The molecule has 1 N–H and O–H groups in total. The fourth-order valence-electron chi connectivity index (χ4n) is 1.74. The number of aryl methyl sites for hydroxylation is 1. The molecule has 0 unspecified atom stereocenters. The number of nitrogens with zero attached hydrogens (tertiary/aromatic N) is 3. The van der Waals surface area contributed by atoms with Crippen LogP contribution >= 0.6 is 0 Å². The van der Waals surface area contributed by atoms with Crippen molar-refractivity contribution in [1.29, 1.82) is 0 Å². The highest BCUT2D eigenvalue weighted by molar-refractivity contribution is 5.72. The van der Waals surface area contributed by atoms with Crippen LogP contribution in [0.4, 0.5) is 0 Å². The van der Waals surface area contributed by atoms with Crippen LogP contribution in [0.25, 0.3) is 11.2 Å². The minimum absolute atomic E-state index is 0.0104. The summed E-state index contributed by atoms with van der Waals surface area (Å²) < 4.78 is 2.00. The molecule has 0 fully saturated rings. The first-order chi connectivity index (χ1) is 7.13. The van der Waals surface area contributed by atoms with Gasteiger partial charge >= 0.3 is 0 Å². The summed E-state index contributed by atoms with van der Waals surface area (Å²) in [6.07, 6.45) is 1.69. The Balaban J connectivity index is 2.65. The largest absolute Gasteiger partial charge is 0.392 e. The van der Waals surface area contributed by atoms with Crippen LogP contribution in [-0.4, -0.2) is 19.6 Å². The van der Waals surface area contributed by atoms with E-state index in [1.165, 1.54) is 0 Å². The number of pyridine rings is 1. The summed E-state index contributed by atoms with van der Waals surface area (Å²) in [5.74, 6) is 1.40. The van der Waals surface area contributed by atoms with E-state index in [0.29, 0.717) is 5.92 Å². The van der Waals surface area contributed by atoms with E-state index >= 15 is 0 Å². The van der Waals surface area contributed by atoms with Crippen LogP contribution in [0.15, 0.2) is 12.3 Å². The summed E-state index contributed by atoms with van der Waals surface area (Å²) in [6.45, 7) is 4.22. The standard InChI is InChI=1S/C11H15N3O/c1-7(2)10-13-9-4-8(6-15)5-12-11(9)14(10)3/h4-5,7,15H,6H2,1-3H3. The molecule has 0 radical (unpaired) electrons. The quantitative estimate of drug-likeness (QED) is 0.809. The van der Waals surface area contributed by atoms with Crippen LogP contribution < -0.4 is 0 Å². The lowest BCUT2D eigenvalue weighted by atomic mass is 10.2. The van der Waals surface area contributed by atoms with E-state index in [1.54, 1.807) is 6.20 Å². The van der Waals surface area contributed by atoms with Crippen molar-refractivity contribution in [2.75, 3.05) is 0 Å². The minimum atomic E-state index is 0.0104. The van der Waals surface area contributed by atoms with Gasteiger partial charge in [0.25, 0.3) is 0 Å². The van der Waals surface area contributed by atoms with Crippen LogP contribution in [0.1, 0.15) is 31.2 Å². The van der Waals surface area contributed by atoms with Crippen molar-refractivity contribution >= 4 is 11.2 Å². The minimum Gasteiger partial charge on any atom is -0.392 e. The molecule has 0 bridgehead atoms. The molecule has 0 aromatic carbocycles. The second-order valence-electron chi connectivity index (χ2n) is 4.03. The first-order valence-corrected chi connectivity index (χ1v) is 5.05. The van der Waals surface area contributed by atoms with Crippen molar-refractivity contribution in [3.05, 3.63) is 23.7 Å². The zero-order valence-corrected chi connectivity index (χ0v) is 9.23. The maximum Gasteiger partial charge on any atom is 0.159 e. The van der Waals surface area contributed by atoms with E-state index in [0.717, 1.165) is 22.6 Å². The molecular weight excluding hydrogens is 190 g/mol. The zero-order valence-electron chi connectivity index (χ0n) is 9.23. The molecule has 2 rings (SSSR count). The maximum absolute atomic E-state index is 9.01. The summed E-state index contributed by atoms with van der Waals surface area (Å²) in [4.78, 5) is 8.80. The van der Waals surface area contributed by atoms with Gasteiger partial charge in [-0.25, -0.2) is 9.97 Å². The Morgan fingerprint density at radius 2 is 2.20 bits per heavy atom. The van der Waals surface area contributed by atoms with Gasteiger partial charge in [0.1, 0.15) is 11.3 Å². The van der Waals surface area contributed by atoms with Crippen LogP contribution in [-0.2, 0) is 13.7 Å². The molecule has 0 atom stereocenters. The predicted octanol–water partition coefficient (Wildman–Crippen LogP) is 1.58. The Morgan fingerprint density at radius 3 is 2.80 bits per heavy atom. The third-order valence-corrected chi connectivity index (χ3v) is 2.50. The second kappa shape index (κ2) is 3.62. The predicted molar refractivity (Wildman–Crippen MR) is 58.5 cm³/mol. The van der Waals surface area contributed by atoms with Gasteiger partial charge in [-0.2, -0.15) is 0 Å². The van der Waals surface area contributed by atoms with Crippen molar-refractivity contribution in [1.82, 2.24) is 14.5 Å². The first kappa shape index (κ1) is 10.1. The molecule has 0 amide bonds. The summed E-state index contributed by atoms with van der Waals surface area (Å²) in [5, 5.41) is 9.01. The molecule has 0 spiro atoms. The molecule has 0 aliphatic rings. The molecule has 2 aromatic heterocycles. The fourth-order valence-corrected chi connectivity index (χ4v) is 1.74. The highest BCUT2D eigenvalue weighted by atomic mass is 16.3. The maximum atomic E-state index is 9.01. The van der Waals surface area contributed by atoms with Gasteiger partial charge in [0.2, 0.25) is 0 Å². The average Bonchev–Trinajstić information content (AvgIpc) is 2.55. The van der Waals surface area contributed by atoms with E-state index in [4.69, 9.17) is 5.11 Å². The first-order valence-electron chi connectivity index (χ1n) is 5.05. The third-order valence-electron chi connectivity index (χ3n) is 2.50. The van der Waals surface area contributed by atoms with Gasteiger partial charge in [-0.1, -0.05) is 13.8 Å². The Bertz CT molecular complexity index is 488. The van der Waals surface area contributed by atoms with E-state index in [2.05, 4.69) is 23.8 Å². The van der Waals surface area contributed by atoms with Gasteiger partial charge in [0, 0.05) is 19.2 Å². The Kier molecular flexibility index (Phi) is 2.44. The summed E-state index contributed by atoms with van der Waals surface area (Å²) >= 11 is 0. The SMILES string of the molecule is CC(C)c1nc2cc(CO)cnc2n1C. The van der Waals surface area contributed by atoms with Crippen LogP contribution in [0.5, 0.6) is 0 Å². The molecule has 0 aliphatic heterocycles. The number of fused-ring (bicyclic) bond motifs is 1. The average molecular weight is 205 g/mol. The topological polar surface area (TPSA) is 50.9 Å². The van der Waals surface area contributed by atoms with Gasteiger partial charge in [0.15, 0.2) is 5.65 Å². The lowest BCUT2D eigenvalue weighted by Gasteiger charge is -2.03. The molecule has 2 aromatic rings. The van der Waals surface area contributed by atoms with Crippen molar-refractivity contribution in [2.45, 2.75) is 26.4 Å². The van der Waals surface area contributed by atoms with Crippen molar-refractivity contribution in [3.63, 3.8) is 0 Å². The smallest absolute Gasteiger partial charge is 0.159 e. The van der Waals surface area contributed by atoms with Gasteiger partial charge in [-0.05, 0) is 11.6 Å². The van der Waals surface area contributed by atoms with Gasteiger partial charge in [0.05, 0.1) is 6.61 Å². The Labute approximate surface area is 88.6 Å². The van der Waals surface area contributed by atoms with E-state index in [-0.39, 0.29) is 6.61 Å². The number of hydrogen-bond acceptors (Lipinski definition) is 3. The fraction of sp³-hybridized carbons (Fsp3) is 0.455. The van der Waals surface area contributed by atoms with E-state index < -0.39 is 0 Å². The highest BCUT2D eigenvalue weighted by Gasteiger charge is 2.11. The Hall–Kier alpha value is -1.42. The Morgan fingerprint density at radius 1 is 1.47 bits per heavy atom. The lowest BCUT2D eigenvalue weighted by Crippen LogP contribution is -2.00. The lowest BCUT2D eigenvalue weighted by molar-refractivity contribution is 0.281. The zero-order chi connectivity index (χ0) is 11.0. The second-order valence-corrected chi connectivity index (χ2v) is 4.03. The van der Waals surface area contributed by atoms with Crippen LogP contribution in [0, 0.1) is 0 Å². The van der Waals surface area contributed by atoms with Crippen molar-refractivity contribution in [2.24, 2.45) is 7.05 Å². The number of aliphatic hydroxyl groups is 1. The summed E-state index contributed by atoms with van der Waals surface area (Å²) in [5.41, 5.74) is 2.53. The molecule has 0 saturated carbocycles. The summed E-state index contributed by atoms with van der Waals surface area (Å²) in [6, 6.07) is 1.88. The molecule has 0 aliphatic carbocycles. The number of hydrogen-bond donors (Lipinski definition) is 1. The van der Waals surface area contributed by atoms with Crippen molar-refractivity contribution < 1.29 is 5.11 Å². The van der Waals surface area contributed by atoms with Crippen molar-refractivity contribution in [3.8, 4) is 0 Å².